The van der Waals surface area contributed by atoms with Crippen LogP contribution in [0.2, 0.25) is 0 Å². The first-order valence-electron chi connectivity index (χ1n) is 7.87. The van der Waals surface area contributed by atoms with Crippen molar-refractivity contribution in [2.24, 2.45) is 5.92 Å². The molecule has 1 aliphatic heterocycles. The number of halogens is 2. The molecule has 7 heteroatoms. The van der Waals surface area contributed by atoms with Gasteiger partial charge in [0.2, 0.25) is 5.91 Å². The lowest BCUT2D eigenvalue weighted by atomic mass is 10.00. The highest BCUT2D eigenvalue weighted by atomic mass is 79.9. The van der Waals surface area contributed by atoms with Crippen LogP contribution in [0.3, 0.4) is 0 Å². The zero-order chi connectivity index (χ0) is 17.6. The lowest BCUT2D eigenvalue weighted by Crippen LogP contribution is -2.52. The van der Waals surface area contributed by atoms with E-state index in [9.17, 15) is 9.18 Å². The number of aryl methyl sites for hydroxylation is 1. The minimum absolute atomic E-state index is 0.0186. The summed E-state index contributed by atoms with van der Waals surface area (Å²) < 4.78 is 15.1. The van der Waals surface area contributed by atoms with Crippen LogP contribution in [-0.4, -0.2) is 24.0 Å². The number of nitrogens with zero attached hydrogens (tertiary/aromatic N) is 2. The van der Waals surface area contributed by atoms with E-state index in [2.05, 4.69) is 31.1 Å². The molecular formula is C18H15BrFN3OS. The maximum Gasteiger partial charge on any atom is 0.231 e. The van der Waals surface area contributed by atoms with Crippen LogP contribution in [-0.2, 0) is 4.79 Å². The van der Waals surface area contributed by atoms with E-state index < -0.39 is 0 Å². The third kappa shape index (κ3) is 3.26. The normalized spacial score (nSPS) is 14.6. The number of carbonyl (C=O) groups is 1. The van der Waals surface area contributed by atoms with E-state index in [1.807, 2.05) is 25.1 Å². The first kappa shape index (κ1) is 16.5. The number of hydrogen-bond donors (Lipinski definition) is 1. The molecule has 4 rings (SSSR count). The van der Waals surface area contributed by atoms with Crippen LogP contribution in [0.5, 0.6) is 0 Å². The molecule has 128 valence electrons. The Hall–Kier alpha value is -1.99. The third-order valence-electron chi connectivity index (χ3n) is 4.29. The molecule has 0 unspecified atom stereocenters. The summed E-state index contributed by atoms with van der Waals surface area (Å²) in [5.74, 6) is -0.300. The van der Waals surface area contributed by atoms with Gasteiger partial charge in [-0.25, -0.2) is 9.37 Å². The highest BCUT2D eigenvalue weighted by molar-refractivity contribution is 9.10. The van der Waals surface area contributed by atoms with Gasteiger partial charge in [0.25, 0.3) is 0 Å². The molecule has 0 radical (unpaired) electrons. The Labute approximate surface area is 156 Å². The van der Waals surface area contributed by atoms with E-state index >= 15 is 0 Å². The molecule has 1 amide bonds. The average Bonchev–Trinajstić information content (AvgIpc) is 2.92. The third-order valence-corrected chi connectivity index (χ3v) is 6.26. The summed E-state index contributed by atoms with van der Waals surface area (Å²) in [6, 6.07) is 10.4. The summed E-state index contributed by atoms with van der Waals surface area (Å²) in [6.45, 7) is 3.24. The summed E-state index contributed by atoms with van der Waals surface area (Å²) in [5.41, 5.74) is 2.67. The summed E-state index contributed by atoms with van der Waals surface area (Å²) in [5, 5.41) is 3.80. The monoisotopic (exact) mass is 419 g/mol. The van der Waals surface area contributed by atoms with E-state index in [0.29, 0.717) is 13.1 Å². The fraction of sp³-hybridized carbons (Fsp3) is 0.222. The quantitative estimate of drug-likeness (QED) is 0.675. The van der Waals surface area contributed by atoms with Gasteiger partial charge in [-0.05, 0) is 48.9 Å². The van der Waals surface area contributed by atoms with Gasteiger partial charge in [-0.15, -0.1) is 0 Å². The van der Waals surface area contributed by atoms with Crippen LogP contribution >= 0.6 is 27.3 Å². The Morgan fingerprint density at radius 2 is 2.12 bits per heavy atom. The predicted molar refractivity (Wildman–Crippen MR) is 103 cm³/mol. The molecule has 1 fully saturated rings. The molecule has 0 saturated carbocycles. The number of carbonyl (C=O) groups excluding carboxylic acids is 1. The zero-order valence-electron chi connectivity index (χ0n) is 13.4. The minimum atomic E-state index is -0.256. The first-order chi connectivity index (χ1) is 12.0. The number of thiazole rings is 1. The number of rotatable bonds is 3. The maximum atomic E-state index is 13.3. The number of nitrogens with one attached hydrogen (secondary N) is 1. The minimum Gasteiger partial charge on any atom is -0.346 e. The van der Waals surface area contributed by atoms with Gasteiger partial charge in [0, 0.05) is 23.2 Å². The van der Waals surface area contributed by atoms with Gasteiger partial charge in [0.15, 0.2) is 5.13 Å². The van der Waals surface area contributed by atoms with Crippen molar-refractivity contribution in [2.45, 2.75) is 6.92 Å². The molecule has 4 nitrogen and oxygen atoms in total. The highest BCUT2D eigenvalue weighted by Crippen LogP contribution is 2.33. The topological polar surface area (TPSA) is 45.2 Å². The smallest absolute Gasteiger partial charge is 0.231 e. The second-order valence-corrected chi connectivity index (χ2v) is 8.03. The number of aromatic nitrogens is 1. The van der Waals surface area contributed by atoms with Crippen molar-refractivity contribution in [1.29, 1.82) is 0 Å². The van der Waals surface area contributed by atoms with E-state index in [1.54, 1.807) is 6.07 Å². The van der Waals surface area contributed by atoms with E-state index in [4.69, 9.17) is 0 Å². The molecule has 25 heavy (non-hydrogen) atoms. The molecule has 2 heterocycles. The van der Waals surface area contributed by atoms with Crippen molar-refractivity contribution >= 4 is 54.2 Å². The molecule has 2 aromatic carbocycles. The molecule has 0 bridgehead atoms. The van der Waals surface area contributed by atoms with Crippen molar-refractivity contribution in [3.05, 3.63) is 52.3 Å². The Morgan fingerprint density at radius 3 is 2.88 bits per heavy atom. The van der Waals surface area contributed by atoms with Crippen molar-refractivity contribution < 1.29 is 9.18 Å². The predicted octanol–water partition coefficient (Wildman–Crippen LogP) is 4.58. The molecule has 0 aliphatic carbocycles. The van der Waals surface area contributed by atoms with Gasteiger partial charge in [-0.3, -0.25) is 4.79 Å². The lowest BCUT2D eigenvalue weighted by Gasteiger charge is -2.37. The van der Waals surface area contributed by atoms with Crippen LogP contribution < -0.4 is 10.2 Å². The summed E-state index contributed by atoms with van der Waals surface area (Å²) >= 11 is 4.91. The summed E-state index contributed by atoms with van der Waals surface area (Å²) in [6.07, 6.45) is 0. The Bertz CT molecular complexity index is 968. The Morgan fingerprint density at radius 1 is 1.32 bits per heavy atom. The largest absolute Gasteiger partial charge is 0.346 e. The molecular weight excluding hydrogens is 405 g/mol. The van der Waals surface area contributed by atoms with Gasteiger partial charge in [-0.2, -0.15) is 0 Å². The van der Waals surface area contributed by atoms with Crippen LogP contribution in [0.4, 0.5) is 15.2 Å². The van der Waals surface area contributed by atoms with Crippen molar-refractivity contribution in [3.8, 4) is 0 Å². The van der Waals surface area contributed by atoms with Gasteiger partial charge in [0.1, 0.15) is 5.82 Å². The molecule has 1 aromatic heterocycles. The van der Waals surface area contributed by atoms with Crippen LogP contribution in [0.25, 0.3) is 10.2 Å². The first-order valence-corrected chi connectivity index (χ1v) is 9.48. The zero-order valence-corrected chi connectivity index (χ0v) is 15.8. The van der Waals surface area contributed by atoms with Crippen LogP contribution in [0.15, 0.2) is 40.9 Å². The number of benzene rings is 2. The van der Waals surface area contributed by atoms with Crippen LogP contribution in [0, 0.1) is 18.7 Å². The van der Waals surface area contributed by atoms with Gasteiger partial charge < -0.3 is 10.2 Å². The standard InChI is InChI=1S/C18H15BrFN3OS/c1-10-6-13(3-4-14(10)19)21-17(24)11-8-23(9-11)18-22-15-5-2-12(20)7-16(15)25-18/h2-7,11H,8-9H2,1H3,(H,21,24). The number of hydrogen-bond acceptors (Lipinski definition) is 4. The second kappa shape index (κ2) is 6.38. The number of fused-ring (bicyclic) bond motifs is 1. The molecule has 1 N–H and O–H groups in total. The van der Waals surface area contributed by atoms with Crippen molar-refractivity contribution in [1.82, 2.24) is 4.98 Å². The fourth-order valence-electron chi connectivity index (χ4n) is 2.79. The number of amides is 1. The average molecular weight is 420 g/mol. The second-order valence-electron chi connectivity index (χ2n) is 6.16. The summed E-state index contributed by atoms with van der Waals surface area (Å²) in [7, 11) is 0. The lowest BCUT2D eigenvalue weighted by molar-refractivity contribution is -0.120. The Balaban J connectivity index is 1.40. The molecule has 1 aliphatic rings. The van der Waals surface area contributed by atoms with E-state index in [1.165, 1.54) is 23.5 Å². The Kier molecular flexibility index (Phi) is 4.21. The summed E-state index contributed by atoms with van der Waals surface area (Å²) in [4.78, 5) is 18.9. The maximum absolute atomic E-state index is 13.3. The fourth-order valence-corrected chi connectivity index (χ4v) is 4.04. The molecule has 0 atom stereocenters. The van der Waals surface area contributed by atoms with Crippen molar-refractivity contribution in [3.63, 3.8) is 0 Å². The molecule has 3 aromatic rings. The van der Waals surface area contributed by atoms with E-state index in [0.717, 1.165) is 31.1 Å². The van der Waals surface area contributed by atoms with Gasteiger partial charge in [-0.1, -0.05) is 27.3 Å². The molecule has 0 spiro atoms. The number of anilines is 2. The van der Waals surface area contributed by atoms with Gasteiger partial charge >= 0.3 is 0 Å². The van der Waals surface area contributed by atoms with Gasteiger partial charge in [0.05, 0.1) is 16.1 Å². The SMILES string of the molecule is Cc1cc(NC(=O)C2CN(c3nc4ccc(F)cc4s3)C2)ccc1Br. The van der Waals surface area contributed by atoms with Crippen molar-refractivity contribution in [2.75, 3.05) is 23.3 Å². The van der Waals surface area contributed by atoms with E-state index in [-0.39, 0.29) is 17.6 Å². The highest BCUT2D eigenvalue weighted by Gasteiger charge is 2.34. The van der Waals surface area contributed by atoms with Crippen LogP contribution in [0.1, 0.15) is 5.56 Å². The molecule has 1 saturated heterocycles.